The summed E-state index contributed by atoms with van der Waals surface area (Å²) in [6.07, 6.45) is 7.20. The van der Waals surface area contributed by atoms with Crippen LogP contribution in [0.3, 0.4) is 0 Å². The van der Waals surface area contributed by atoms with Crippen LogP contribution in [0.25, 0.3) is 6.08 Å². The number of Topliss-reactive ketones (excluding diaryl/α,β-unsaturated/α-hetero) is 2. The van der Waals surface area contributed by atoms with E-state index in [1.54, 1.807) is 12.2 Å². The topological polar surface area (TPSA) is 134 Å². The van der Waals surface area contributed by atoms with Gasteiger partial charge in [0.05, 0.1) is 12.2 Å². The Morgan fingerprint density at radius 2 is 2.05 bits per heavy atom. The summed E-state index contributed by atoms with van der Waals surface area (Å²) >= 11 is 0. The van der Waals surface area contributed by atoms with E-state index in [1.165, 1.54) is 6.07 Å². The zero-order valence-electron chi connectivity index (χ0n) is 20.9. The van der Waals surface area contributed by atoms with Gasteiger partial charge >= 0.3 is 0 Å². The van der Waals surface area contributed by atoms with E-state index in [0.717, 1.165) is 5.57 Å². The Balaban J connectivity index is 1.59. The fourth-order valence-electron chi connectivity index (χ4n) is 6.65. The second kappa shape index (κ2) is 7.44. The van der Waals surface area contributed by atoms with Crippen LogP contribution in [-0.2, 0) is 14.4 Å². The molecular weight excluding hydrogens is 482 g/mol. The van der Waals surface area contributed by atoms with Crippen molar-refractivity contribution in [2.75, 3.05) is 13.2 Å². The smallest absolute Gasteiger partial charge is 0.294 e. The minimum atomic E-state index is -1.54. The van der Waals surface area contributed by atoms with Gasteiger partial charge in [0, 0.05) is 35.8 Å². The molecule has 3 heterocycles. The molecule has 194 valence electrons. The molecule has 10 nitrogen and oxygen atoms in total. The molecule has 5 atom stereocenters. The summed E-state index contributed by atoms with van der Waals surface area (Å²) in [5.74, 6) is -2.60. The normalized spacial score (nSPS) is 33.4. The third-order valence-corrected chi connectivity index (χ3v) is 8.25. The van der Waals surface area contributed by atoms with Crippen LogP contribution in [0.4, 0.5) is 0 Å². The number of ether oxygens (including phenoxy) is 3. The van der Waals surface area contributed by atoms with Crippen LogP contribution in [0.15, 0.2) is 35.4 Å². The summed E-state index contributed by atoms with van der Waals surface area (Å²) < 4.78 is 19.1. The lowest BCUT2D eigenvalue weighted by molar-refractivity contribution is -0.759. The first-order valence-electron chi connectivity index (χ1n) is 12.2. The van der Waals surface area contributed by atoms with Crippen LogP contribution in [0.5, 0.6) is 17.2 Å². The Labute approximate surface area is 212 Å². The number of phenolic OH excluding ortho intramolecular Hbond substituents is 1. The number of carbonyl (C=O) groups is 2. The van der Waals surface area contributed by atoms with Gasteiger partial charge in [0.2, 0.25) is 0 Å². The zero-order chi connectivity index (χ0) is 26.5. The number of carbonyl (C=O) groups excluding carboxylic acids is 2. The van der Waals surface area contributed by atoms with Gasteiger partial charge in [-0.15, -0.1) is 10.1 Å². The number of ketones is 2. The molecule has 2 fully saturated rings. The van der Waals surface area contributed by atoms with E-state index >= 15 is 0 Å². The highest BCUT2D eigenvalue weighted by Crippen LogP contribution is 2.66. The van der Waals surface area contributed by atoms with Gasteiger partial charge in [0.1, 0.15) is 35.0 Å². The Bertz CT molecular complexity index is 1370. The number of rotatable bonds is 5. The summed E-state index contributed by atoms with van der Waals surface area (Å²) in [6, 6.07) is 1.41. The third kappa shape index (κ3) is 2.96. The molecule has 7 rings (SSSR count). The second-order valence-electron chi connectivity index (χ2n) is 11.1. The van der Waals surface area contributed by atoms with Crippen LogP contribution < -0.4 is 9.47 Å². The number of phenols is 1. The summed E-state index contributed by atoms with van der Waals surface area (Å²) in [6.45, 7) is 7.25. The molecule has 1 saturated heterocycles. The lowest BCUT2D eigenvalue weighted by atomic mass is 9.49. The fraction of sp³-hybridized carbons (Fsp3) is 0.481. The highest BCUT2D eigenvalue weighted by molar-refractivity contribution is 6.18. The molecule has 3 aliphatic carbocycles. The van der Waals surface area contributed by atoms with Crippen molar-refractivity contribution >= 4 is 17.6 Å². The SMILES string of the molecule is CC(C)=CCC12OCC3C(CO[N+](=O)[O-])C(C=C4C(=O)c5c(O)cc6c(c5OC431)C=CC(C)(C)O6)C2=O. The zero-order valence-corrected chi connectivity index (χ0v) is 20.9. The van der Waals surface area contributed by atoms with Crippen molar-refractivity contribution in [3.8, 4) is 17.2 Å². The summed E-state index contributed by atoms with van der Waals surface area (Å²) in [4.78, 5) is 43.9. The Kier molecular flexibility index (Phi) is 4.77. The summed E-state index contributed by atoms with van der Waals surface area (Å²) in [5, 5.41) is 21.1. The number of hydrogen-bond donors (Lipinski definition) is 1. The fourth-order valence-corrected chi connectivity index (χ4v) is 6.65. The van der Waals surface area contributed by atoms with Crippen molar-refractivity contribution in [2.24, 2.45) is 17.8 Å². The van der Waals surface area contributed by atoms with E-state index < -0.39 is 45.4 Å². The molecule has 6 aliphatic rings. The Morgan fingerprint density at radius 3 is 2.76 bits per heavy atom. The average molecular weight is 510 g/mol. The van der Waals surface area contributed by atoms with Crippen molar-refractivity contribution in [1.29, 1.82) is 0 Å². The first kappa shape index (κ1) is 23.7. The molecule has 37 heavy (non-hydrogen) atoms. The second-order valence-corrected chi connectivity index (χ2v) is 11.1. The monoisotopic (exact) mass is 509 g/mol. The van der Waals surface area contributed by atoms with E-state index in [0.29, 0.717) is 11.3 Å². The minimum absolute atomic E-state index is 0.00145. The minimum Gasteiger partial charge on any atom is -0.507 e. The number of aromatic hydroxyl groups is 1. The predicted octanol–water partition coefficient (Wildman–Crippen LogP) is 3.60. The summed E-state index contributed by atoms with van der Waals surface area (Å²) in [5.41, 5.74) is -2.01. The quantitative estimate of drug-likeness (QED) is 0.359. The van der Waals surface area contributed by atoms with Gasteiger partial charge in [-0.25, -0.2) is 0 Å². The predicted molar refractivity (Wildman–Crippen MR) is 129 cm³/mol. The van der Waals surface area contributed by atoms with Gasteiger partial charge in [-0.2, -0.15) is 0 Å². The number of nitrogens with zero attached hydrogens (tertiary/aromatic N) is 1. The molecule has 10 heteroatoms. The van der Waals surface area contributed by atoms with Crippen molar-refractivity contribution < 1.29 is 38.8 Å². The van der Waals surface area contributed by atoms with Gasteiger partial charge in [-0.3, -0.25) is 9.59 Å². The molecule has 1 N–H and O–H groups in total. The van der Waals surface area contributed by atoms with E-state index in [9.17, 15) is 24.8 Å². The van der Waals surface area contributed by atoms with Crippen molar-refractivity contribution in [1.82, 2.24) is 0 Å². The molecule has 1 aromatic rings. The van der Waals surface area contributed by atoms with Gasteiger partial charge in [-0.1, -0.05) is 17.7 Å². The number of benzene rings is 1. The van der Waals surface area contributed by atoms with E-state index in [2.05, 4.69) is 0 Å². The van der Waals surface area contributed by atoms with Gasteiger partial charge in [0.15, 0.2) is 22.8 Å². The lowest BCUT2D eigenvalue weighted by Crippen LogP contribution is -2.74. The lowest BCUT2D eigenvalue weighted by Gasteiger charge is -2.58. The highest BCUT2D eigenvalue weighted by atomic mass is 16.9. The highest BCUT2D eigenvalue weighted by Gasteiger charge is 2.79. The maximum Gasteiger partial charge on any atom is 0.294 e. The molecule has 0 amide bonds. The van der Waals surface area contributed by atoms with Crippen LogP contribution in [0, 0.1) is 27.9 Å². The molecular formula is C27H27NO9. The van der Waals surface area contributed by atoms with Crippen molar-refractivity contribution in [2.45, 2.75) is 50.9 Å². The molecule has 1 aromatic carbocycles. The molecule has 1 spiro atoms. The molecule has 1 saturated carbocycles. The van der Waals surface area contributed by atoms with Gasteiger partial charge in [-0.05, 0) is 39.8 Å². The maximum atomic E-state index is 14.1. The van der Waals surface area contributed by atoms with E-state index in [-0.39, 0.29) is 48.1 Å². The van der Waals surface area contributed by atoms with Gasteiger partial charge in [0.25, 0.3) is 5.09 Å². The Morgan fingerprint density at radius 1 is 1.30 bits per heavy atom. The van der Waals surface area contributed by atoms with Crippen molar-refractivity contribution in [3.05, 3.63) is 56.7 Å². The standard InChI is InChI=1S/C27H27NO9/c1-13(2)5-8-26-24(31)15-9-17-22(30)21-19(29)10-20-14(6-7-25(3,4)36-20)23(21)37-27(17,26)18(12-34-26)16(15)11-35-28(32)33/h5-7,9-10,15-16,18,29H,8,11-12H2,1-4H3. The molecule has 0 aromatic heterocycles. The average Bonchev–Trinajstić information content (AvgIpc) is 3.09. The van der Waals surface area contributed by atoms with Crippen LogP contribution in [0.2, 0.25) is 0 Å². The molecule has 0 radical (unpaired) electrons. The molecule has 5 unspecified atom stereocenters. The first-order chi connectivity index (χ1) is 17.4. The maximum absolute atomic E-state index is 14.1. The largest absolute Gasteiger partial charge is 0.507 e. The van der Waals surface area contributed by atoms with E-state index in [1.807, 2.05) is 39.8 Å². The van der Waals surface area contributed by atoms with Crippen molar-refractivity contribution in [3.63, 3.8) is 0 Å². The van der Waals surface area contributed by atoms with Crippen LogP contribution >= 0.6 is 0 Å². The van der Waals surface area contributed by atoms with E-state index in [4.69, 9.17) is 19.0 Å². The van der Waals surface area contributed by atoms with Gasteiger partial charge < -0.3 is 24.2 Å². The van der Waals surface area contributed by atoms with Crippen LogP contribution in [-0.4, -0.2) is 51.8 Å². The van der Waals surface area contributed by atoms with Crippen LogP contribution in [0.1, 0.15) is 50.0 Å². The summed E-state index contributed by atoms with van der Waals surface area (Å²) in [7, 11) is 0. The molecule has 4 bridgehead atoms. The molecule has 3 aliphatic heterocycles. The first-order valence-corrected chi connectivity index (χ1v) is 12.2. The Hall–Kier alpha value is -3.66. The third-order valence-electron chi connectivity index (χ3n) is 8.25. The number of fused-ring (bicyclic) bond motifs is 3. The number of allylic oxidation sites excluding steroid dienone is 2. The number of hydrogen-bond acceptors (Lipinski definition) is 9.